The number of hydrogen-bond donors (Lipinski definition) is 4. The fourth-order valence-electron chi connectivity index (χ4n) is 1.77. The first-order valence-electron chi connectivity index (χ1n) is 6.08. The van der Waals surface area contributed by atoms with Crippen molar-refractivity contribution in [2.45, 2.75) is 6.61 Å². The average Bonchev–Trinajstić information content (AvgIpc) is 2.49. The normalized spacial score (nSPS) is 10.1. The van der Waals surface area contributed by atoms with E-state index in [1.165, 1.54) is 24.3 Å². The number of carboxylic acids is 1. The van der Waals surface area contributed by atoms with Crippen molar-refractivity contribution in [2.75, 3.05) is 5.32 Å². The number of aromatic carboxylic acids is 1. The maximum atomic E-state index is 12.0. The molecule has 0 heterocycles. The van der Waals surface area contributed by atoms with Crippen molar-refractivity contribution < 1.29 is 24.9 Å². The van der Waals surface area contributed by atoms with E-state index in [0.717, 1.165) is 6.07 Å². The number of benzene rings is 2. The molecule has 21 heavy (non-hydrogen) atoms. The van der Waals surface area contributed by atoms with Gasteiger partial charge in [0.25, 0.3) is 5.91 Å². The lowest BCUT2D eigenvalue weighted by atomic mass is 10.1. The molecule has 6 nitrogen and oxygen atoms in total. The van der Waals surface area contributed by atoms with Crippen molar-refractivity contribution in [2.24, 2.45) is 0 Å². The van der Waals surface area contributed by atoms with Gasteiger partial charge in [0, 0.05) is 5.56 Å². The summed E-state index contributed by atoms with van der Waals surface area (Å²) >= 11 is 0. The highest BCUT2D eigenvalue weighted by atomic mass is 16.4. The molecule has 0 saturated heterocycles. The van der Waals surface area contributed by atoms with Gasteiger partial charge >= 0.3 is 5.97 Å². The number of hydrogen-bond acceptors (Lipinski definition) is 4. The van der Waals surface area contributed by atoms with Crippen LogP contribution in [0.25, 0.3) is 0 Å². The van der Waals surface area contributed by atoms with Crippen molar-refractivity contribution in [1.29, 1.82) is 0 Å². The molecule has 2 aromatic rings. The molecule has 0 spiro atoms. The van der Waals surface area contributed by atoms with Crippen LogP contribution in [0.2, 0.25) is 0 Å². The van der Waals surface area contributed by atoms with E-state index in [4.69, 9.17) is 10.2 Å². The Morgan fingerprint density at radius 3 is 2.29 bits per heavy atom. The standard InChI is InChI=1S/C15H13NO5/c17-8-9-1-3-10(4-2-9)14(19)16-13-6-5-11(18)7-12(13)15(20)21/h1-7,17-18H,8H2,(H,16,19)(H,20,21). The first-order chi connectivity index (χ1) is 10.0. The number of phenolic OH excluding ortho intramolecular Hbond substituents is 1. The second-order valence-corrected chi connectivity index (χ2v) is 4.34. The minimum atomic E-state index is -1.25. The minimum Gasteiger partial charge on any atom is -0.508 e. The summed E-state index contributed by atoms with van der Waals surface area (Å²) in [6.07, 6.45) is 0. The van der Waals surface area contributed by atoms with Crippen LogP contribution < -0.4 is 5.32 Å². The summed E-state index contributed by atoms with van der Waals surface area (Å²) in [7, 11) is 0. The number of carbonyl (C=O) groups excluding carboxylic acids is 1. The molecule has 2 aromatic carbocycles. The van der Waals surface area contributed by atoms with Crippen LogP contribution in [0, 0.1) is 0 Å². The molecule has 0 aliphatic rings. The van der Waals surface area contributed by atoms with Crippen molar-refractivity contribution >= 4 is 17.6 Å². The van der Waals surface area contributed by atoms with Crippen LogP contribution in [0.15, 0.2) is 42.5 Å². The van der Waals surface area contributed by atoms with Crippen LogP contribution in [0.1, 0.15) is 26.3 Å². The van der Waals surface area contributed by atoms with E-state index in [1.54, 1.807) is 12.1 Å². The fourth-order valence-corrected chi connectivity index (χ4v) is 1.77. The van der Waals surface area contributed by atoms with Gasteiger partial charge < -0.3 is 20.6 Å². The van der Waals surface area contributed by atoms with E-state index >= 15 is 0 Å². The Hall–Kier alpha value is -2.86. The monoisotopic (exact) mass is 287 g/mol. The number of aliphatic hydroxyl groups is 1. The van der Waals surface area contributed by atoms with Crippen LogP contribution in [0.4, 0.5) is 5.69 Å². The average molecular weight is 287 g/mol. The first kappa shape index (κ1) is 14.5. The van der Waals surface area contributed by atoms with E-state index in [9.17, 15) is 14.7 Å². The highest BCUT2D eigenvalue weighted by Crippen LogP contribution is 2.22. The molecule has 108 valence electrons. The number of phenols is 1. The molecule has 2 rings (SSSR count). The third-order valence-corrected chi connectivity index (χ3v) is 2.88. The molecule has 0 radical (unpaired) electrons. The van der Waals surface area contributed by atoms with Gasteiger partial charge in [0.2, 0.25) is 0 Å². The predicted molar refractivity (Wildman–Crippen MR) is 75.4 cm³/mol. The Balaban J connectivity index is 2.24. The van der Waals surface area contributed by atoms with Gasteiger partial charge in [-0.15, -0.1) is 0 Å². The second-order valence-electron chi connectivity index (χ2n) is 4.34. The highest BCUT2D eigenvalue weighted by molar-refractivity contribution is 6.07. The number of aromatic hydroxyl groups is 1. The maximum absolute atomic E-state index is 12.0. The number of anilines is 1. The molecule has 1 amide bonds. The molecule has 0 unspecified atom stereocenters. The van der Waals surface area contributed by atoms with Gasteiger partial charge in [0.15, 0.2) is 0 Å². The predicted octanol–water partition coefficient (Wildman–Crippen LogP) is 1.83. The van der Waals surface area contributed by atoms with Crippen molar-refractivity contribution in [1.82, 2.24) is 0 Å². The van der Waals surface area contributed by atoms with Gasteiger partial charge in [-0.1, -0.05) is 12.1 Å². The number of nitrogens with one attached hydrogen (secondary N) is 1. The van der Waals surface area contributed by atoms with Gasteiger partial charge in [0.1, 0.15) is 5.75 Å². The summed E-state index contributed by atoms with van der Waals surface area (Å²) in [6, 6.07) is 9.93. The van der Waals surface area contributed by atoms with Crippen LogP contribution in [0.5, 0.6) is 5.75 Å². The second kappa shape index (κ2) is 6.06. The lowest BCUT2D eigenvalue weighted by Gasteiger charge is -2.09. The van der Waals surface area contributed by atoms with E-state index in [2.05, 4.69) is 5.32 Å². The Morgan fingerprint density at radius 1 is 1.05 bits per heavy atom. The van der Waals surface area contributed by atoms with Crippen molar-refractivity contribution in [3.8, 4) is 5.75 Å². The van der Waals surface area contributed by atoms with Crippen LogP contribution in [-0.4, -0.2) is 27.2 Å². The van der Waals surface area contributed by atoms with Gasteiger partial charge in [-0.3, -0.25) is 4.79 Å². The van der Waals surface area contributed by atoms with Crippen molar-refractivity contribution in [3.05, 3.63) is 59.2 Å². The van der Waals surface area contributed by atoms with Crippen LogP contribution >= 0.6 is 0 Å². The summed E-state index contributed by atoms with van der Waals surface area (Å²) in [5.74, 6) is -1.93. The third kappa shape index (κ3) is 3.37. The molecule has 0 aliphatic carbocycles. The zero-order chi connectivity index (χ0) is 15.4. The number of amides is 1. The molecular weight excluding hydrogens is 274 g/mol. The van der Waals surface area contributed by atoms with Crippen molar-refractivity contribution in [3.63, 3.8) is 0 Å². The van der Waals surface area contributed by atoms with Gasteiger partial charge in [-0.05, 0) is 35.9 Å². The molecule has 0 aromatic heterocycles. The minimum absolute atomic E-state index is 0.0940. The zero-order valence-corrected chi connectivity index (χ0v) is 10.9. The Morgan fingerprint density at radius 2 is 1.71 bits per heavy atom. The third-order valence-electron chi connectivity index (χ3n) is 2.88. The summed E-state index contributed by atoms with van der Waals surface area (Å²) in [6.45, 7) is -0.122. The topological polar surface area (TPSA) is 107 Å². The summed E-state index contributed by atoms with van der Waals surface area (Å²) < 4.78 is 0. The number of rotatable bonds is 4. The molecule has 4 N–H and O–H groups in total. The Kier molecular flexibility index (Phi) is 4.20. The highest BCUT2D eigenvalue weighted by Gasteiger charge is 2.14. The van der Waals surface area contributed by atoms with Gasteiger partial charge in [0.05, 0.1) is 17.9 Å². The molecule has 0 fully saturated rings. The number of carbonyl (C=O) groups is 2. The van der Waals surface area contributed by atoms with Gasteiger partial charge in [-0.25, -0.2) is 4.79 Å². The Labute approximate surface area is 120 Å². The SMILES string of the molecule is O=C(Nc1ccc(O)cc1C(=O)O)c1ccc(CO)cc1. The number of aliphatic hydroxyl groups excluding tert-OH is 1. The number of carboxylic acid groups (broad SMARTS) is 1. The van der Waals surface area contributed by atoms with Gasteiger partial charge in [-0.2, -0.15) is 0 Å². The molecule has 6 heteroatoms. The molecule has 0 bridgehead atoms. The first-order valence-corrected chi connectivity index (χ1v) is 6.08. The lowest BCUT2D eigenvalue weighted by molar-refractivity contribution is 0.0697. The molecule has 0 saturated carbocycles. The smallest absolute Gasteiger partial charge is 0.337 e. The van der Waals surface area contributed by atoms with E-state index in [1.807, 2.05) is 0 Å². The summed E-state index contributed by atoms with van der Waals surface area (Å²) in [4.78, 5) is 23.1. The Bertz CT molecular complexity index is 679. The fraction of sp³-hybridized carbons (Fsp3) is 0.0667. The zero-order valence-electron chi connectivity index (χ0n) is 10.9. The summed E-state index contributed by atoms with van der Waals surface area (Å²) in [5, 5.41) is 29.8. The lowest BCUT2D eigenvalue weighted by Crippen LogP contribution is -2.14. The summed E-state index contributed by atoms with van der Waals surface area (Å²) in [5.41, 5.74) is 0.894. The van der Waals surface area contributed by atoms with E-state index in [0.29, 0.717) is 11.1 Å². The van der Waals surface area contributed by atoms with E-state index in [-0.39, 0.29) is 23.6 Å². The van der Waals surface area contributed by atoms with E-state index < -0.39 is 11.9 Å². The van der Waals surface area contributed by atoms with Crippen LogP contribution in [0.3, 0.4) is 0 Å². The quantitative estimate of drug-likeness (QED) is 0.642. The maximum Gasteiger partial charge on any atom is 0.337 e. The van der Waals surface area contributed by atoms with Crippen LogP contribution in [-0.2, 0) is 6.61 Å². The molecular formula is C15H13NO5. The molecule has 0 atom stereocenters. The largest absolute Gasteiger partial charge is 0.508 e. The molecule has 0 aliphatic heterocycles.